The molecule has 0 fully saturated rings. The van der Waals surface area contributed by atoms with Gasteiger partial charge in [-0.2, -0.15) is 26.9 Å². The summed E-state index contributed by atoms with van der Waals surface area (Å²) in [5.41, 5.74) is 0.468. The van der Waals surface area contributed by atoms with Gasteiger partial charge in [-0.1, -0.05) is 17.7 Å². The fourth-order valence-electron chi connectivity index (χ4n) is 2.80. The number of hydrogen-bond acceptors (Lipinski definition) is 6. The number of fused-ring (bicyclic) bond motifs is 1. The molecule has 6 nitrogen and oxygen atoms in total. The lowest BCUT2D eigenvalue weighted by atomic mass is 10.2. The van der Waals surface area contributed by atoms with E-state index < -0.39 is 40.0 Å². The molecule has 33 heavy (non-hydrogen) atoms. The van der Waals surface area contributed by atoms with E-state index in [1.54, 1.807) is 32.9 Å². The van der Waals surface area contributed by atoms with Crippen molar-refractivity contribution in [3.63, 3.8) is 0 Å². The van der Waals surface area contributed by atoms with E-state index in [0.29, 0.717) is 22.3 Å². The molecule has 180 valence electrons. The smallest absolute Gasteiger partial charge is 0.261 e. The fourth-order valence-corrected chi connectivity index (χ4v) is 6.34. The Labute approximate surface area is 194 Å². The number of benzene rings is 1. The summed E-state index contributed by atoms with van der Waals surface area (Å²) in [4.78, 5) is 16.8. The van der Waals surface area contributed by atoms with Crippen molar-refractivity contribution < 1.29 is 30.4 Å². The molecule has 0 amide bonds. The standard InChI is InChI=1S/C19H18F5N3O3S3/c1-10-4-6-13(7-5-10)33(29,30)26-15-14-16(31-9-8-18(20,21)19(22,23)24)32-12(3)11(2)27(14)17(28)25-15/h4-7H,8-9H2,1-3H3,(H,25,26,28). The summed E-state index contributed by atoms with van der Waals surface area (Å²) in [5, 5.41) is 0. The zero-order valence-electron chi connectivity index (χ0n) is 17.5. The molecule has 0 aromatic heterocycles. The van der Waals surface area contributed by atoms with Crippen LogP contribution in [0.25, 0.3) is 5.69 Å². The number of imidazole rings is 1. The number of aromatic nitrogens is 2. The highest BCUT2D eigenvalue weighted by Crippen LogP contribution is 2.42. The first-order chi connectivity index (χ1) is 15.1. The fraction of sp³-hybridized carbons (Fsp3) is 0.368. The first-order valence-electron chi connectivity index (χ1n) is 9.33. The van der Waals surface area contributed by atoms with Crippen molar-refractivity contribution in [2.45, 2.75) is 48.4 Å². The number of nitrogens with one attached hydrogen (secondary N) is 1. The first kappa shape index (κ1) is 25.4. The Kier molecular flexibility index (Phi) is 6.84. The lowest BCUT2D eigenvalue weighted by Gasteiger charge is -2.20. The van der Waals surface area contributed by atoms with E-state index in [1.807, 2.05) is 0 Å². The summed E-state index contributed by atoms with van der Waals surface area (Å²) in [6.45, 7) is 5.00. The maximum Gasteiger partial charge on any atom is 0.453 e. The molecule has 0 bridgehead atoms. The second kappa shape index (κ2) is 8.87. The minimum Gasteiger partial charge on any atom is -0.261 e. The van der Waals surface area contributed by atoms with Crippen molar-refractivity contribution in [1.82, 2.24) is 9.55 Å². The van der Waals surface area contributed by atoms with E-state index >= 15 is 0 Å². The van der Waals surface area contributed by atoms with E-state index in [4.69, 9.17) is 0 Å². The average molecular weight is 528 g/mol. The molecule has 14 heteroatoms. The number of alkyl halides is 5. The van der Waals surface area contributed by atoms with Crippen LogP contribution in [0, 0.1) is 20.8 Å². The molecule has 0 saturated heterocycles. The molecule has 0 spiro atoms. The highest BCUT2D eigenvalue weighted by atomic mass is 32.2. The van der Waals surface area contributed by atoms with Crippen LogP contribution in [0.3, 0.4) is 0 Å². The Bertz CT molecular complexity index is 1300. The van der Waals surface area contributed by atoms with Gasteiger partial charge in [-0.25, -0.2) is 13.2 Å². The van der Waals surface area contributed by atoms with Gasteiger partial charge in [0.1, 0.15) is 5.69 Å². The number of aryl methyl sites for hydroxylation is 2. The maximum atomic E-state index is 13.3. The first-order valence-corrected chi connectivity index (χ1v) is 12.6. The van der Waals surface area contributed by atoms with Crippen molar-refractivity contribution in [3.8, 4) is 5.69 Å². The second-order valence-corrected chi connectivity index (χ2v) is 11.4. The summed E-state index contributed by atoms with van der Waals surface area (Å²) < 4.78 is 93.2. The minimum atomic E-state index is -5.68. The van der Waals surface area contributed by atoms with Crippen molar-refractivity contribution in [2.24, 2.45) is 0 Å². The number of thioether (sulfide) groups is 1. The molecule has 2 heterocycles. The molecule has 0 aliphatic carbocycles. The Morgan fingerprint density at radius 1 is 1.09 bits per heavy atom. The van der Waals surface area contributed by atoms with E-state index in [2.05, 4.69) is 9.71 Å². The molecule has 0 atom stereocenters. The maximum absolute atomic E-state index is 13.3. The number of sulfonamides is 1. The third-order valence-electron chi connectivity index (χ3n) is 4.76. The largest absolute Gasteiger partial charge is 0.453 e. The van der Waals surface area contributed by atoms with Crippen LogP contribution in [-0.4, -0.2) is 35.8 Å². The van der Waals surface area contributed by atoms with E-state index in [-0.39, 0.29) is 20.6 Å². The van der Waals surface area contributed by atoms with Gasteiger partial charge in [0, 0.05) is 22.7 Å². The molecule has 2 aliphatic heterocycles. The van der Waals surface area contributed by atoms with E-state index in [1.165, 1.54) is 12.1 Å². The van der Waals surface area contributed by atoms with Gasteiger partial charge in [0.15, 0.2) is 5.82 Å². The molecule has 2 aliphatic rings. The van der Waals surface area contributed by atoms with E-state index in [0.717, 1.165) is 21.5 Å². The summed E-state index contributed by atoms with van der Waals surface area (Å²) in [6.07, 6.45) is -7.15. The van der Waals surface area contributed by atoms with Crippen LogP contribution in [0.4, 0.5) is 27.8 Å². The predicted molar refractivity (Wildman–Crippen MR) is 117 cm³/mol. The van der Waals surface area contributed by atoms with Crippen LogP contribution in [-0.2, 0) is 10.0 Å². The molecule has 0 radical (unpaired) electrons. The molecule has 0 unspecified atom stereocenters. The van der Waals surface area contributed by atoms with Crippen LogP contribution in [0.2, 0.25) is 0 Å². The molecule has 3 rings (SSSR count). The highest BCUT2D eigenvalue weighted by Gasteiger charge is 2.56. The SMILES string of the molecule is Cc1ccc(S(=O)(=O)Nc2nc(=O)n3c(C)c(C)sc(SCCC(F)(F)C(F)(F)F)c2-3)cc1. The van der Waals surface area contributed by atoms with Gasteiger partial charge in [-0.15, -0.1) is 23.1 Å². The van der Waals surface area contributed by atoms with Gasteiger partial charge >= 0.3 is 17.8 Å². The second-order valence-electron chi connectivity index (χ2n) is 7.18. The van der Waals surface area contributed by atoms with E-state index in [9.17, 15) is 35.2 Å². The molecule has 0 saturated carbocycles. The van der Waals surface area contributed by atoms with Gasteiger partial charge in [0.2, 0.25) is 0 Å². The minimum absolute atomic E-state index is 0.00381. The number of halogens is 5. The average Bonchev–Trinajstić information content (AvgIpc) is 3.00. The quantitative estimate of drug-likeness (QED) is 0.340. The van der Waals surface area contributed by atoms with Crippen LogP contribution in [0.15, 0.2) is 38.2 Å². The number of hydrogen-bond donors (Lipinski definition) is 1. The summed E-state index contributed by atoms with van der Waals surface area (Å²) in [5.74, 6) is -5.82. The molecular formula is C19H18F5N3O3S3. The van der Waals surface area contributed by atoms with Crippen LogP contribution >= 0.6 is 23.1 Å². The van der Waals surface area contributed by atoms with Gasteiger partial charge in [-0.3, -0.25) is 9.29 Å². The van der Waals surface area contributed by atoms with Crippen LogP contribution in [0.5, 0.6) is 0 Å². The molecule has 1 aromatic carbocycles. The Morgan fingerprint density at radius 3 is 2.27 bits per heavy atom. The van der Waals surface area contributed by atoms with Crippen molar-refractivity contribution in [2.75, 3.05) is 10.5 Å². The van der Waals surface area contributed by atoms with Gasteiger partial charge in [0.25, 0.3) is 10.0 Å². The Balaban J connectivity index is 2.00. The normalized spacial score (nSPS) is 13.0. The summed E-state index contributed by atoms with van der Waals surface area (Å²) in [7, 11) is -4.15. The summed E-state index contributed by atoms with van der Waals surface area (Å²) >= 11 is 1.72. The topological polar surface area (TPSA) is 81.1 Å². The Morgan fingerprint density at radius 2 is 1.70 bits per heavy atom. The lowest BCUT2D eigenvalue weighted by molar-refractivity contribution is -0.282. The van der Waals surface area contributed by atoms with Crippen molar-refractivity contribution in [1.29, 1.82) is 0 Å². The van der Waals surface area contributed by atoms with Crippen LogP contribution < -0.4 is 10.4 Å². The third kappa shape index (κ3) is 5.17. The summed E-state index contributed by atoms with van der Waals surface area (Å²) in [6, 6.07) is 5.88. The van der Waals surface area contributed by atoms with Crippen LogP contribution in [0.1, 0.15) is 22.6 Å². The van der Waals surface area contributed by atoms with Gasteiger partial charge in [0.05, 0.1) is 9.10 Å². The Hall–Kier alpha value is -2.19. The predicted octanol–water partition coefficient (Wildman–Crippen LogP) is 5.14. The number of nitrogens with zero attached hydrogens (tertiary/aromatic N) is 2. The number of anilines is 1. The lowest BCUT2D eigenvalue weighted by Crippen LogP contribution is -2.36. The van der Waals surface area contributed by atoms with Gasteiger partial charge in [-0.05, 0) is 32.9 Å². The zero-order chi connectivity index (χ0) is 24.8. The third-order valence-corrected chi connectivity index (χ3v) is 8.56. The molecule has 1 N–H and O–H groups in total. The monoisotopic (exact) mass is 527 g/mol. The zero-order valence-corrected chi connectivity index (χ0v) is 19.9. The van der Waals surface area contributed by atoms with Crippen molar-refractivity contribution in [3.05, 3.63) is 50.9 Å². The van der Waals surface area contributed by atoms with Crippen molar-refractivity contribution >= 4 is 38.9 Å². The molecular weight excluding hydrogens is 509 g/mol. The number of rotatable bonds is 7. The molecule has 1 aromatic rings. The van der Waals surface area contributed by atoms with Gasteiger partial charge < -0.3 is 0 Å². The highest BCUT2D eigenvalue weighted by molar-refractivity contribution is 8.01.